The van der Waals surface area contributed by atoms with Crippen LogP contribution in [0.3, 0.4) is 0 Å². The molecule has 4 nitrogen and oxygen atoms in total. The number of aromatic carboxylic acids is 1. The third-order valence-electron chi connectivity index (χ3n) is 2.64. The molecule has 0 aliphatic carbocycles. The summed E-state index contributed by atoms with van der Waals surface area (Å²) in [6.07, 6.45) is 0. The molecule has 2 rings (SSSR count). The van der Waals surface area contributed by atoms with E-state index < -0.39 is 11.8 Å². The highest BCUT2D eigenvalue weighted by Crippen LogP contribution is 2.34. The molecule has 1 heterocycles. The number of carboxylic acid groups (broad SMARTS) is 1. The minimum Gasteiger partial charge on any atom is -0.477 e. The third kappa shape index (κ3) is 2.46. The van der Waals surface area contributed by atoms with Crippen molar-refractivity contribution in [2.45, 2.75) is 19.8 Å². The fourth-order valence-electron chi connectivity index (χ4n) is 1.77. The van der Waals surface area contributed by atoms with Crippen molar-refractivity contribution in [1.82, 2.24) is 5.16 Å². The Hall–Kier alpha value is -1.88. The molecule has 100 valence electrons. The van der Waals surface area contributed by atoms with Crippen LogP contribution >= 0.6 is 11.6 Å². The Bertz CT molecular complexity index is 637. The molecule has 1 N–H and O–H groups in total. The van der Waals surface area contributed by atoms with Crippen LogP contribution in [0.5, 0.6) is 0 Å². The van der Waals surface area contributed by atoms with E-state index in [2.05, 4.69) is 5.16 Å². The molecule has 19 heavy (non-hydrogen) atoms. The number of carboxylic acids is 1. The van der Waals surface area contributed by atoms with E-state index in [9.17, 15) is 14.3 Å². The Labute approximate surface area is 113 Å². The molecule has 1 aromatic carbocycles. The second-order valence-electron chi connectivity index (χ2n) is 4.35. The van der Waals surface area contributed by atoms with E-state index in [1.807, 2.05) is 0 Å². The summed E-state index contributed by atoms with van der Waals surface area (Å²) in [5.41, 5.74) is 0.404. The second-order valence-corrected chi connectivity index (χ2v) is 4.76. The van der Waals surface area contributed by atoms with Crippen LogP contribution < -0.4 is 0 Å². The molecule has 0 spiro atoms. The Kier molecular flexibility index (Phi) is 3.57. The first kappa shape index (κ1) is 13.5. The van der Waals surface area contributed by atoms with Gasteiger partial charge in [0.25, 0.3) is 0 Å². The zero-order valence-electron chi connectivity index (χ0n) is 10.3. The topological polar surface area (TPSA) is 63.3 Å². The van der Waals surface area contributed by atoms with E-state index in [-0.39, 0.29) is 28.0 Å². The molecule has 0 saturated carbocycles. The summed E-state index contributed by atoms with van der Waals surface area (Å²) < 4.78 is 18.1. The van der Waals surface area contributed by atoms with Gasteiger partial charge in [-0.3, -0.25) is 0 Å². The number of aromatic nitrogens is 1. The van der Waals surface area contributed by atoms with Crippen LogP contribution in [0.25, 0.3) is 11.3 Å². The van der Waals surface area contributed by atoms with Crippen molar-refractivity contribution < 1.29 is 18.8 Å². The van der Waals surface area contributed by atoms with Crippen LogP contribution in [0.1, 0.15) is 35.9 Å². The summed E-state index contributed by atoms with van der Waals surface area (Å²) in [6, 6.07) is 3.68. The SMILES string of the molecule is CC(C)c1onc(-c2ccc(F)cc2Cl)c1C(=O)O. The molecule has 0 fully saturated rings. The predicted molar refractivity (Wildman–Crippen MR) is 68.0 cm³/mol. The minimum atomic E-state index is -1.15. The van der Waals surface area contributed by atoms with E-state index in [4.69, 9.17) is 16.1 Å². The average molecular weight is 284 g/mol. The van der Waals surface area contributed by atoms with Gasteiger partial charge in [0, 0.05) is 11.5 Å². The Morgan fingerprint density at radius 2 is 2.16 bits per heavy atom. The van der Waals surface area contributed by atoms with Gasteiger partial charge in [0.1, 0.15) is 17.1 Å². The van der Waals surface area contributed by atoms with Gasteiger partial charge in [0.05, 0.1) is 5.02 Å². The first-order valence-electron chi connectivity index (χ1n) is 5.60. The van der Waals surface area contributed by atoms with E-state index in [1.165, 1.54) is 12.1 Å². The lowest BCUT2D eigenvalue weighted by atomic mass is 10.0. The maximum Gasteiger partial charge on any atom is 0.341 e. The van der Waals surface area contributed by atoms with Gasteiger partial charge in [0.2, 0.25) is 0 Å². The largest absolute Gasteiger partial charge is 0.477 e. The molecule has 0 aliphatic rings. The number of benzene rings is 1. The fourth-order valence-corrected chi connectivity index (χ4v) is 2.03. The molecular weight excluding hydrogens is 273 g/mol. The van der Waals surface area contributed by atoms with Crippen molar-refractivity contribution in [3.8, 4) is 11.3 Å². The first-order valence-corrected chi connectivity index (χ1v) is 5.98. The van der Waals surface area contributed by atoms with Crippen molar-refractivity contribution in [2.24, 2.45) is 0 Å². The van der Waals surface area contributed by atoms with E-state index in [0.717, 1.165) is 6.07 Å². The van der Waals surface area contributed by atoms with E-state index in [1.54, 1.807) is 13.8 Å². The van der Waals surface area contributed by atoms with Crippen LogP contribution in [-0.4, -0.2) is 16.2 Å². The smallest absolute Gasteiger partial charge is 0.341 e. The number of halogens is 2. The van der Waals surface area contributed by atoms with Crippen molar-refractivity contribution >= 4 is 17.6 Å². The summed E-state index contributed by atoms with van der Waals surface area (Å²) in [5, 5.41) is 13.1. The van der Waals surface area contributed by atoms with Gasteiger partial charge in [-0.1, -0.05) is 30.6 Å². The summed E-state index contributed by atoms with van der Waals surface area (Å²) in [4.78, 5) is 11.3. The number of hydrogen-bond acceptors (Lipinski definition) is 3. The number of hydrogen-bond donors (Lipinski definition) is 1. The van der Waals surface area contributed by atoms with E-state index >= 15 is 0 Å². The highest BCUT2D eigenvalue weighted by molar-refractivity contribution is 6.33. The van der Waals surface area contributed by atoms with Crippen molar-refractivity contribution in [2.75, 3.05) is 0 Å². The standard InChI is InChI=1S/C13H11ClFNO3/c1-6(2)12-10(13(17)18)11(16-19-12)8-4-3-7(15)5-9(8)14/h3-6H,1-2H3,(H,17,18). The molecule has 0 bridgehead atoms. The average Bonchev–Trinajstić information content (AvgIpc) is 2.73. The molecule has 2 aromatic rings. The van der Waals surface area contributed by atoms with Crippen LogP contribution in [0.2, 0.25) is 5.02 Å². The molecule has 6 heteroatoms. The lowest BCUT2D eigenvalue weighted by molar-refractivity contribution is 0.0694. The fraction of sp³-hybridized carbons (Fsp3) is 0.231. The third-order valence-corrected chi connectivity index (χ3v) is 2.96. The molecule has 0 unspecified atom stereocenters. The predicted octanol–water partition coefficient (Wildman–Crippen LogP) is 3.96. The van der Waals surface area contributed by atoms with Gasteiger partial charge >= 0.3 is 5.97 Å². The molecule has 0 amide bonds. The highest BCUT2D eigenvalue weighted by Gasteiger charge is 2.26. The highest BCUT2D eigenvalue weighted by atomic mass is 35.5. The van der Waals surface area contributed by atoms with Gasteiger partial charge in [-0.25, -0.2) is 9.18 Å². The first-order chi connectivity index (χ1) is 8.91. The van der Waals surface area contributed by atoms with Gasteiger partial charge in [-0.15, -0.1) is 0 Å². The van der Waals surface area contributed by atoms with Crippen LogP contribution in [0.15, 0.2) is 22.7 Å². The van der Waals surface area contributed by atoms with Gasteiger partial charge in [-0.2, -0.15) is 0 Å². The maximum atomic E-state index is 13.0. The summed E-state index contributed by atoms with van der Waals surface area (Å²) >= 11 is 5.91. The van der Waals surface area contributed by atoms with Crippen LogP contribution in [-0.2, 0) is 0 Å². The summed E-state index contributed by atoms with van der Waals surface area (Å²) in [7, 11) is 0. The lowest BCUT2D eigenvalue weighted by Gasteiger charge is -2.03. The quantitative estimate of drug-likeness (QED) is 0.926. The van der Waals surface area contributed by atoms with Crippen LogP contribution in [0, 0.1) is 5.82 Å². The van der Waals surface area contributed by atoms with Crippen LogP contribution in [0.4, 0.5) is 4.39 Å². The van der Waals surface area contributed by atoms with Gasteiger partial charge < -0.3 is 9.63 Å². The zero-order chi connectivity index (χ0) is 14.2. The molecule has 0 aliphatic heterocycles. The zero-order valence-corrected chi connectivity index (χ0v) is 11.0. The molecule has 0 radical (unpaired) electrons. The Balaban J connectivity index is 2.66. The monoisotopic (exact) mass is 283 g/mol. The lowest BCUT2D eigenvalue weighted by Crippen LogP contribution is -2.02. The molecular formula is C13H11ClFNO3. The Morgan fingerprint density at radius 3 is 2.68 bits per heavy atom. The number of nitrogens with zero attached hydrogens (tertiary/aromatic N) is 1. The minimum absolute atomic E-state index is 0.0384. The summed E-state index contributed by atoms with van der Waals surface area (Å²) in [5.74, 6) is -1.52. The maximum absolute atomic E-state index is 13.0. The number of carbonyl (C=O) groups is 1. The molecule has 0 atom stereocenters. The molecule has 0 saturated heterocycles. The van der Waals surface area contributed by atoms with Gasteiger partial charge in [-0.05, 0) is 18.2 Å². The van der Waals surface area contributed by atoms with Crippen molar-refractivity contribution in [3.05, 3.63) is 40.4 Å². The normalized spacial score (nSPS) is 11.0. The second kappa shape index (κ2) is 5.01. The molecule has 1 aromatic heterocycles. The number of rotatable bonds is 3. The summed E-state index contributed by atoms with van der Waals surface area (Å²) in [6.45, 7) is 3.59. The Morgan fingerprint density at radius 1 is 1.47 bits per heavy atom. The van der Waals surface area contributed by atoms with Crippen molar-refractivity contribution in [3.63, 3.8) is 0 Å². The van der Waals surface area contributed by atoms with Gasteiger partial charge in [0.15, 0.2) is 5.76 Å². The van der Waals surface area contributed by atoms with E-state index in [0.29, 0.717) is 5.56 Å². The van der Waals surface area contributed by atoms with Crippen molar-refractivity contribution in [1.29, 1.82) is 0 Å².